The number of hydrogen-bond donors (Lipinski definition) is 2. The Morgan fingerprint density at radius 3 is 2.17 bits per heavy atom. The van der Waals surface area contributed by atoms with Crippen molar-refractivity contribution in [3.8, 4) is 0 Å². The summed E-state index contributed by atoms with van der Waals surface area (Å²) < 4.78 is 0.611. The van der Waals surface area contributed by atoms with Crippen molar-refractivity contribution >= 4 is 49.6 Å². The van der Waals surface area contributed by atoms with Crippen molar-refractivity contribution in [2.45, 2.75) is 12.5 Å². The molecular formula is C22H17BrN4O2. The van der Waals surface area contributed by atoms with Gasteiger partial charge < -0.3 is 11.1 Å². The van der Waals surface area contributed by atoms with E-state index in [4.69, 9.17) is 5.73 Å². The van der Waals surface area contributed by atoms with Gasteiger partial charge in [-0.25, -0.2) is 9.97 Å². The number of fused-ring (bicyclic) bond motifs is 2. The summed E-state index contributed by atoms with van der Waals surface area (Å²) in [7, 11) is 0. The highest BCUT2D eigenvalue weighted by Gasteiger charge is 2.23. The van der Waals surface area contributed by atoms with Gasteiger partial charge in [0.15, 0.2) is 0 Å². The molecule has 0 radical (unpaired) electrons. The number of benzene rings is 2. The number of aromatic nitrogens is 2. The minimum atomic E-state index is -0.881. The molecule has 2 aromatic carbocycles. The summed E-state index contributed by atoms with van der Waals surface area (Å²) in [5.41, 5.74) is 8.26. The van der Waals surface area contributed by atoms with Crippen LogP contribution in [0.25, 0.3) is 21.8 Å². The second-order valence-corrected chi connectivity index (χ2v) is 7.36. The molecule has 29 heavy (non-hydrogen) atoms. The zero-order valence-electron chi connectivity index (χ0n) is 15.3. The third-order valence-electron chi connectivity index (χ3n) is 4.72. The number of nitrogens with two attached hydrogens (primary N) is 1. The average Bonchev–Trinajstić information content (AvgIpc) is 2.72. The van der Waals surface area contributed by atoms with Crippen molar-refractivity contribution in [1.82, 2.24) is 15.3 Å². The fraction of sp³-hybridized carbons (Fsp3) is 0.0909. The summed E-state index contributed by atoms with van der Waals surface area (Å²) in [6, 6.07) is 17.6. The molecule has 1 atom stereocenters. The zero-order valence-corrected chi connectivity index (χ0v) is 16.9. The van der Waals surface area contributed by atoms with Gasteiger partial charge in [0.2, 0.25) is 5.91 Å². The van der Waals surface area contributed by atoms with Crippen LogP contribution in [0.15, 0.2) is 71.5 Å². The van der Waals surface area contributed by atoms with E-state index in [0.717, 1.165) is 16.3 Å². The molecule has 4 aromatic rings. The highest BCUT2D eigenvalue weighted by molar-refractivity contribution is 9.10. The number of amides is 2. The average molecular weight is 449 g/mol. The molecule has 0 spiro atoms. The molecule has 0 bridgehead atoms. The highest BCUT2D eigenvalue weighted by atomic mass is 79.9. The molecule has 7 heteroatoms. The Hall–Kier alpha value is -3.32. The van der Waals surface area contributed by atoms with Crippen LogP contribution in [0, 0.1) is 0 Å². The van der Waals surface area contributed by atoms with Crippen molar-refractivity contribution < 1.29 is 9.59 Å². The maximum atomic E-state index is 13.3. The number of nitrogens with zero attached hydrogens (tertiary/aromatic N) is 2. The number of nitrogens with one attached hydrogen (secondary N) is 1. The standard InChI is InChI=1S/C22H17BrN4O2/c23-20-13(6-5-11-25-20)12-18(21(24)28)27-22(29)19-14-7-1-3-9-16(14)26-17-10-4-2-8-15(17)19/h1-11,18H,12H2,(H2,24,28)(H,27,29)/t18-/m0/s1. The van der Waals surface area contributed by atoms with E-state index in [9.17, 15) is 9.59 Å². The summed E-state index contributed by atoms with van der Waals surface area (Å²) in [5, 5.41) is 4.24. The SMILES string of the molecule is NC(=O)[C@H](Cc1cccnc1Br)NC(=O)c1c2ccccc2nc2ccccc12. The second-order valence-electron chi connectivity index (χ2n) is 6.61. The summed E-state index contributed by atoms with van der Waals surface area (Å²) in [6.45, 7) is 0. The maximum absolute atomic E-state index is 13.3. The van der Waals surface area contributed by atoms with Crippen LogP contribution in [-0.2, 0) is 11.2 Å². The molecule has 2 heterocycles. The van der Waals surface area contributed by atoms with E-state index in [1.54, 1.807) is 12.3 Å². The highest BCUT2D eigenvalue weighted by Crippen LogP contribution is 2.26. The van der Waals surface area contributed by atoms with Crippen LogP contribution in [0.2, 0.25) is 0 Å². The Morgan fingerprint density at radius 2 is 1.59 bits per heavy atom. The van der Waals surface area contributed by atoms with E-state index in [1.807, 2.05) is 54.6 Å². The number of carbonyl (C=O) groups excluding carboxylic acids is 2. The third kappa shape index (κ3) is 3.82. The normalized spacial score (nSPS) is 12.0. The van der Waals surface area contributed by atoms with Gasteiger partial charge in [-0.15, -0.1) is 0 Å². The van der Waals surface area contributed by atoms with Gasteiger partial charge in [0.25, 0.3) is 5.91 Å². The molecule has 2 aromatic heterocycles. The Bertz CT molecular complexity index is 1190. The first-order valence-corrected chi connectivity index (χ1v) is 9.81. The van der Waals surface area contributed by atoms with Gasteiger partial charge in [-0.3, -0.25) is 9.59 Å². The van der Waals surface area contributed by atoms with Crippen LogP contribution >= 0.6 is 15.9 Å². The number of carbonyl (C=O) groups is 2. The summed E-state index contributed by atoms with van der Waals surface area (Å²) in [4.78, 5) is 34.1. The lowest BCUT2D eigenvalue weighted by molar-refractivity contribution is -0.119. The van der Waals surface area contributed by atoms with Gasteiger partial charge in [0, 0.05) is 23.4 Å². The molecule has 3 N–H and O–H groups in total. The molecule has 0 unspecified atom stereocenters. The quantitative estimate of drug-likeness (QED) is 0.361. The number of halogens is 1. The van der Waals surface area contributed by atoms with Crippen LogP contribution in [0.4, 0.5) is 0 Å². The third-order valence-corrected chi connectivity index (χ3v) is 5.44. The predicted molar refractivity (Wildman–Crippen MR) is 115 cm³/mol. The van der Waals surface area contributed by atoms with Gasteiger partial charge in [0.05, 0.1) is 16.6 Å². The zero-order chi connectivity index (χ0) is 20.4. The number of rotatable bonds is 5. The number of pyridine rings is 2. The fourth-order valence-corrected chi connectivity index (χ4v) is 3.74. The Balaban J connectivity index is 1.75. The second kappa shape index (κ2) is 7.97. The van der Waals surface area contributed by atoms with E-state index in [-0.39, 0.29) is 12.3 Å². The van der Waals surface area contributed by atoms with E-state index in [1.165, 1.54) is 0 Å². The Morgan fingerprint density at radius 1 is 0.966 bits per heavy atom. The molecule has 2 amide bonds. The molecule has 0 fully saturated rings. The van der Waals surface area contributed by atoms with Crippen molar-refractivity contribution in [3.05, 3.63) is 82.6 Å². The molecular weight excluding hydrogens is 432 g/mol. The molecule has 0 aliphatic heterocycles. The van der Waals surface area contributed by atoms with Crippen molar-refractivity contribution in [2.24, 2.45) is 5.73 Å². The van der Waals surface area contributed by atoms with E-state index >= 15 is 0 Å². The first-order valence-electron chi connectivity index (χ1n) is 9.01. The minimum Gasteiger partial charge on any atom is -0.368 e. The molecule has 0 aliphatic carbocycles. The summed E-state index contributed by atoms with van der Waals surface area (Å²) in [5.74, 6) is -0.986. The lowest BCUT2D eigenvalue weighted by Gasteiger charge is -2.18. The number of hydrogen-bond acceptors (Lipinski definition) is 4. The Labute approximate surface area is 175 Å². The topological polar surface area (TPSA) is 98.0 Å². The lowest BCUT2D eigenvalue weighted by atomic mass is 10.0. The van der Waals surface area contributed by atoms with Crippen LogP contribution in [0.5, 0.6) is 0 Å². The maximum Gasteiger partial charge on any atom is 0.253 e. The van der Waals surface area contributed by atoms with Gasteiger partial charge >= 0.3 is 0 Å². The fourth-order valence-electron chi connectivity index (χ4n) is 3.33. The van der Waals surface area contributed by atoms with E-state index in [2.05, 4.69) is 31.2 Å². The van der Waals surface area contributed by atoms with Crippen LogP contribution in [0.1, 0.15) is 15.9 Å². The molecule has 4 rings (SSSR count). The molecule has 0 aliphatic rings. The lowest BCUT2D eigenvalue weighted by Crippen LogP contribution is -2.46. The van der Waals surface area contributed by atoms with Crippen LogP contribution in [-0.4, -0.2) is 27.8 Å². The van der Waals surface area contributed by atoms with Gasteiger partial charge in [-0.2, -0.15) is 0 Å². The molecule has 144 valence electrons. The first-order chi connectivity index (χ1) is 14.0. The van der Waals surface area contributed by atoms with Crippen molar-refractivity contribution in [1.29, 1.82) is 0 Å². The van der Waals surface area contributed by atoms with Gasteiger partial charge in [-0.05, 0) is 39.7 Å². The van der Waals surface area contributed by atoms with E-state index < -0.39 is 11.9 Å². The van der Waals surface area contributed by atoms with Gasteiger partial charge in [0.1, 0.15) is 10.6 Å². The van der Waals surface area contributed by atoms with Crippen LogP contribution < -0.4 is 11.1 Å². The summed E-state index contributed by atoms with van der Waals surface area (Å²) in [6.07, 6.45) is 1.87. The molecule has 6 nitrogen and oxygen atoms in total. The minimum absolute atomic E-state index is 0.233. The molecule has 0 saturated heterocycles. The van der Waals surface area contributed by atoms with Gasteiger partial charge in [-0.1, -0.05) is 42.5 Å². The monoisotopic (exact) mass is 448 g/mol. The largest absolute Gasteiger partial charge is 0.368 e. The van der Waals surface area contributed by atoms with Crippen molar-refractivity contribution in [2.75, 3.05) is 0 Å². The number of primary amides is 1. The summed E-state index contributed by atoms with van der Waals surface area (Å²) >= 11 is 3.37. The Kier molecular flexibility index (Phi) is 5.22. The predicted octanol–water partition coefficient (Wildman–Crippen LogP) is 3.37. The number of para-hydroxylation sites is 2. The van der Waals surface area contributed by atoms with E-state index in [0.29, 0.717) is 21.2 Å². The van der Waals surface area contributed by atoms with Crippen LogP contribution in [0.3, 0.4) is 0 Å². The van der Waals surface area contributed by atoms with Crippen molar-refractivity contribution in [3.63, 3.8) is 0 Å². The first kappa shape index (κ1) is 19.0. The smallest absolute Gasteiger partial charge is 0.253 e. The molecule has 0 saturated carbocycles.